The Hall–Kier alpha value is -0.530. The van der Waals surface area contributed by atoms with Gasteiger partial charge in [0.15, 0.2) is 0 Å². The molecule has 2 heteroatoms. The predicted octanol–water partition coefficient (Wildman–Crippen LogP) is 4.09. The summed E-state index contributed by atoms with van der Waals surface area (Å²) in [5.41, 5.74) is -0.374. The molecule has 0 heterocycles. The number of carboxylic acid groups (broad SMARTS) is 1. The first-order valence-electron chi connectivity index (χ1n) is 7.28. The van der Waals surface area contributed by atoms with Crippen LogP contribution in [-0.4, -0.2) is 11.1 Å². The van der Waals surface area contributed by atoms with E-state index in [-0.39, 0.29) is 5.41 Å². The van der Waals surface area contributed by atoms with E-state index in [9.17, 15) is 9.90 Å². The van der Waals surface area contributed by atoms with E-state index < -0.39 is 5.97 Å². The summed E-state index contributed by atoms with van der Waals surface area (Å²) in [5.74, 6) is 1.34. The maximum Gasteiger partial charge on any atom is 0.309 e. The lowest BCUT2D eigenvalue weighted by molar-refractivity contribution is -0.157. The van der Waals surface area contributed by atoms with Crippen LogP contribution in [0, 0.1) is 23.2 Å². The average molecular weight is 238 g/mol. The Kier molecular flexibility index (Phi) is 3.79. The van der Waals surface area contributed by atoms with Crippen LogP contribution in [-0.2, 0) is 4.79 Å². The second kappa shape index (κ2) is 4.99. The SMILES string of the molecule is CC1CC(C)CC(C2(C(=O)O)CCCCC2)C1. The molecule has 2 fully saturated rings. The number of aliphatic carboxylic acids is 1. The van der Waals surface area contributed by atoms with Crippen molar-refractivity contribution in [1.82, 2.24) is 0 Å². The summed E-state index contributed by atoms with van der Waals surface area (Å²) < 4.78 is 0. The predicted molar refractivity (Wildman–Crippen MR) is 68.8 cm³/mol. The van der Waals surface area contributed by atoms with Gasteiger partial charge in [0, 0.05) is 0 Å². The summed E-state index contributed by atoms with van der Waals surface area (Å²) in [6.45, 7) is 4.59. The van der Waals surface area contributed by atoms with Crippen LogP contribution in [0.4, 0.5) is 0 Å². The average Bonchev–Trinajstić information content (AvgIpc) is 2.28. The molecule has 2 nitrogen and oxygen atoms in total. The van der Waals surface area contributed by atoms with Crippen LogP contribution in [0.15, 0.2) is 0 Å². The second-order valence-corrected chi connectivity index (χ2v) is 6.64. The van der Waals surface area contributed by atoms with Gasteiger partial charge in [0.25, 0.3) is 0 Å². The van der Waals surface area contributed by atoms with Crippen molar-refractivity contribution in [3.8, 4) is 0 Å². The molecule has 1 N–H and O–H groups in total. The van der Waals surface area contributed by atoms with Gasteiger partial charge in [-0.15, -0.1) is 0 Å². The zero-order valence-corrected chi connectivity index (χ0v) is 11.2. The van der Waals surface area contributed by atoms with Crippen LogP contribution < -0.4 is 0 Å². The smallest absolute Gasteiger partial charge is 0.309 e. The van der Waals surface area contributed by atoms with E-state index in [4.69, 9.17) is 0 Å². The summed E-state index contributed by atoms with van der Waals surface area (Å²) >= 11 is 0. The molecular formula is C15H26O2. The summed E-state index contributed by atoms with van der Waals surface area (Å²) in [4.78, 5) is 11.8. The quantitative estimate of drug-likeness (QED) is 0.786. The van der Waals surface area contributed by atoms with E-state index in [0.29, 0.717) is 17.8 Å². The lowest BCUT2D eigenvalue weighted by Crippen LogP contribution is -2.43. The van der Waals surface area contributed by atoms with Crippen LogP contribution in [0.5, 0.6) is 0 Å². The van der Waals surface area contributed by atoms with E-state index in [2.05, 4.69) is 13.8 Å². The fourth-order valence-corrected chi connectivity index (χ4v) is 4.38. The molecule has 0 radical (unpaired) electrons. The normalized spacial score (nSPS) is 37.6. The van der Waals surface area contributed by atoms with Crippen molar-refractivity contribution < 1.29 is 9.90 Å². The van der Waals surface area contributed by atoms with Gasteiger partial charge in [0.05, 0.1) is 5.41 Å². The molecule has 0 aliphatic heterocycles. The number of carbonyl (C=O) groups is 1. The summed E-state index contributed by atoms with van der Waals surface area (Å²) in [6, 6.07) is 0. The zero-order valence-electron chi connectivity index (χ0n) is 11.2. The van der Waals surface area contributed by atoms with Gasteiger partial charge in [-0.3, -0.25) is 4.79 Å². The van der Waals surface area contributed by atoms with E-state index in [1.165, 1.54) is 12.8 Å². The molecule has 2 rings (SSSR count). The Morgan fingerprint density at radius 2 is 1.53 bits per heavy atom. The third kappa shape index (κ3) is 2.51. The number of hydrogen-bond donors (Lipinski definition) is 1. The van der Waals surface area contributed by atoms with Gasteiger partial charge in [-0.1, -0.05) is 33.1 Å². The molecule has 17 heavy (non-hydrogen) atoms. The summed E-state index contributed by atoms with van der Waals surface area (Å²) in [6.07, 6.45) is 8.86. The molecule has 0 aromatic rings. The Labute approximate surface area is 105 Å². The molecule has 2 atom stereocenters. The fraction of sp³-hybridized carbons (Fsp3) is 0.933. The van der Waals surface area contributed by atoms with Gasteiger partial charge in [0.1, 0.15) is 0 Å². The van der Waals surface area contributed by atoms with E-state index >= 15 is 0 Å². The van der Waals surface area contributed by atoms with Crippen molar-refractivity contribution in [2.45, 2.75) is 65.2 Å². The largest absolute Gasteiger partial charge is 0.481 e. The zero-order chi connectivity index (χ0) is 12.5. The van der Waals surface area contributed by atoms with Crippen LogP contribution in [0.25, 0.3) is 0 Å². The van der Waals surface area contributed by atoms with Crippen LogP contribution in [0.3, 0.4) is 0 Å². The topological polar surface area (TPSA) is 37.3 Å². The highest BCUT2D eigenvalue weighted by molar-refractivity contribution is 5.75. The lowest BCUT2D eigenvalue weighted by atomic mass is 9.59. The fourth-order valence-electron chi connectivity index (χ4n) is 4.38. The van der Waals surface area contributed by atoms with Gasteiger partial charge in [-0.05, 0) is 49.9 Å². The molecule has 0 bridgehead atoms. The molecule has 2 saturated carbocycles. The molecule has 0 saturated heterocycles. The highest BCUT2D eigenvalue weighted by atomic mass is 16.4. The molecular weight excluding hydrogens is 212 g/mol. The van der Waals surface area contributed by atoms with Crippen molar-refractivity contribution >= 4 is 5.97 Å². The molecule has 2 aliphatic rings. The van der Waals surface area contributed by atoms with E-state index in [1.54, 1.807) is 0 Å². The van der Waals surface area contributed by atoms with E-state index in [0.717, 1.165) is 38.5 Å². The Balaban J connectivity index is 2.17. The Morgan fingerprint density at radius 1 is 1.00 bits per heavy atom. The molecule has 0 spiro atoms. The summed E-state index contributed by atoms with van der Waals surface area (Å²) in [5, 5.41) is 9.71. The second-order valence-electron chi connectivity index (χ2n) is 6.64. The first kappa shape index (κ1) is 12.9. The van der Waals surface area contributed by atoms with Crippen molar-refractivity contribution in [3.63, 3.8) is 0 Å². The third-order valence-corrected chi connectivity index (χ3v) is 5.13. The standard InChI is InChI=1S/C15H26O2/c1-11-8-12(2)10-13(9-11)15(14(16)17)6-4-3-5-7-15/h11-13H,3-10H2,1-2H3,(H,16,17). The number of hydrogen-bond acceptors (Lipinski definition) is 1. The van der Waals surface area contributed by atoms with Crippen molar-refractivity contribution in [1.29, 1.82) is 0 Å². The first-order valence-corrected chi connectivity index (χ1v) is 7.28. The molecule has 0 aromatic heterocycles. The van der Waals surface area contributed by atoms with Gasteiger partial charge < -0.3 is 5.11 Å². The Morgan fingerprint density at radius 3 is 2.00 bits per heavy atom. The number of rotatable bonds is 2. The summed E-state index contributed by atoms with van der Waals surface area (Å²) in [7, 11) is 0. The van der Waals surface area contributed by atoms with Gasteiger partial charge >= 0.3 is 5.97 Å². The van der Waals surface area contributed by atoms with Crippen molar-refractivity contribution in [2.75, 3.05) is 0 Å². The van der Waals surface area contributed by atoms with Gasteiger partial charge in [-0.2, -0.15) is 0 Å². The minimum absolute atomic E-state index is 0.374. The maximum absolute atomic E-state index is 11.8. The number of carboxylic acids is 1. The third-order valence-electron chi connectivity index (χ3n) is 5.13. The van der Waals surface area contributed by atoms with Gasteiger partial charge in [-0.25, -0.2) is 0 Å². The monoisotopic (exact) mass is 238 g/mol. The van der Waals surface area contributed by atoms with Crippen LogP contribution in [0.2, 0.25) is 0 Å². The minimum atomic E-state index is -0.511. The molecule has 0 amide bonds. The first-order chi connectivity index (χ1) is 8.04. The molecule has 0 aromatic carbocycles. The van der Waals surface area contributed by atoms with Crippen molar-refractivity contribution in [2.24, 2.45) is 23.2 Å². The van der Waals surface area contributed by atoms with E-state index in [1.807, 2.05) is 0 Å². The van der Waals surface area contributed by atoms with Gasteiger partial charge in [0.2, 0.25) is 0 Å². The highest BCUT2D eigenvalue weighted by Gasteiger charge is 2.47. The minimum Gasteiger partial charge on any atom is -0.481 e. The maximum atomic E-state index is 11.8. The lowest BCUT2D eigenvalue weighted by Gasteiger charge is -2.45. The highest BCUT2D eigenvalue weighted by Crippen LogP contribution is 2.50. The van der Waals surface area contributed by atoms with Crippen molar-refractivity contribution in [3.05, 3.63) is 0 Å². The molecule has 2 unspecified atom stereocenters. The Bertz CT molecular complexity index is 269. The van der Waals surface area contributed by atoms with Crippen LogP contribution >= 0.6 is 0 Å². The molecule has 2 aliphatic carbocycles. The molecule has 98 valence electrons. The van der Waals surface area contributed by atoms with Crippen LogP contribution in [0.1, 0.15) is 65.2 Å².